The van der Waals surface area contributed by atoms with Crippen molar-refractivity contribution in [2.75, 3.05) is 20.3 Å². The number of rotatable bonds is 8. The molecule has 2 rings (SSSR count). The van der Waals surface area contributed by atoms with Crippen molar-refractivity contribution < 1.29 is 26.7 Å². The predicted octanol–water partition coefficient (Wildman–Crippen LogP) is 3.03. The number of halogens is 2. The van der Waals surface area contributed by atoms with Gasteiger partial charge >= 0.3 is 0 Å². The molecule has 2 aromatic rings. The van der Waals surface area contributed by atoms with Gasteiger partial charge in [-0.3, -0.25) is 0 Å². The molecule has 5 nitrogen and oxygen atoms in total. The van der Waals surface area contributed by atoms with Gasteiger partial charge in [-0.05, 0) is 48.9 Å². The molecule has 0 fully saturated rings. The maximum atomic E-state index is 13.3. The Labute approximate surface area is 145 Å². The van der Waals surface area contributed by atoms with Gasteiger partial charge in [0.15, 0.2) is 11.6 Å². The molecule has 0 radical (unpaired) electrons. The Hall–Kier alpha value is -2.03. The van der Waals surface area contributed by atoms with Gasteiger partial charge in [-0.25, -0.2) is 21.9 Å². The van der Waals surface area contributed by atoms with E-state index >= 15 is 0 Å². The van der Waals surface area contributed by atoms with Gasteiger partial charge < -0.3 is 9.47 Å². The Morgan fingerprint density at radius 1 is 1.04 bits per heavy atom. The van der Waals surface area contributed by atoms with Crippen LogP contribution in [0.4, 0.5) is 8.78 Å². The SMILES string of the molecule is COCCOc1ccc(S(=O)(=O)NC(C)c2ccc(F)c(F)c2)cc1. The van der Waals surface area contributed by atoms with Crippen molar-refractivity contribution in [2.45, 2.75) is 17.9 Å². The van der Waals surface area contributed by atoms with E-state index < -0.39 is 27.7 Å². The van der Waals surface area contributed by atoms with Gasteiger partial charge in [0.05, 0.1) is 11.5 Å². The highest BCUT2D eigenvalue weighted by Gasteiger charge is 2.19. The van der Waals surface area contributed by atoms with Crippen molar-refractivity contribution >= 4 is 10.0 Å². The van der Waals surface area contributed by atoms with Crippen LogP contribution in [0.5, 0.6) is 5.75 Å². The first kappa shape index (κ1) is 19.3. The van der Waals surface area contributed by atoms with Crippen LogP contribution in [0.3, 0.4) is 0 Å². The summed E-state index contributed by atoms with van der Waals surface area (Å²) in [6.07, 6.45) is 0. The molecule has 0 aliphatic rings. The number of hydrogen-bond acceptors (Lipinski definition) is 4. The first-order chi connectivity index (χ1) is 11.8. The zero-order valence-corrected chi connectivity index (χ0v) is 14.6. The summed E-state index contributed by atoms with van der Waals surface area (Å²) in [6.45, 7) is 2.33. The fraction of sp³-hybridized carbons (Fsp3) is 0.294. The fourth-order valence-electron chi connectivity index (χ4n) is 2.11. The number of benzene rings is 2. The molecule has 1 unspecified atom stereocenters. The second-order valence-electron chi connectivity index (χ2n) is 5.33. The molecule has 0 saturated heterocycles. The number of nitrogens with one attached hydrogen (secondary N) is 1. The lowest BCUT2D eigenvalue weighted by Gasteiger charge is -2.15. The molecule has 0 amide bonds. The predicted molar refractivity (Wildman–Crippen MR) is 88.9 cm³/mol. The average Bonchev–Trinajstić information content (AvgIpc) is 2.57. The van der Waals surface area contributed by atoms with Gasteiger partial charge in [-0.2, -0.15) is 0 Å². The van der Waals surface area contributed by atoms with E-state index in [0.717, 1.165) is 12.1 Å². The van der Waals surface area contributed by atoms with Gasteiger partial charge in [0.1, 0.15) is 12.4 Å². The maximum absolute atomic E-state index is 13.3. The fourth-order valence-corrected chi connectivity index (χ4v) is 3.34. The summed E-state index contributed by atoms with van der Waals surface area (Å²) in [5, 5.41) is 0. The van der Waals surface area contributed by atoms with Crippen molar-refractivity contribution in [1.82, 2.24) is 4.72 Å². The second kappa shape index (κ2) is 8.37. The molecular formula is C17H19F2NO4S. The van der Waals surface area contributed by atoms with Crippen LogP contribution >= 0.6 is 0 Å². The van der Waals surface area contributed by atoms with E-state index in [-0.39, 0.29) is 4.90 Å². The molecular weight excluding hydrogens is 352 g/mol. The quantitative estimate of drug-likeness (QED) is 0.725. The zero-order valence-electron chi connectivity index (χ0n) is 13.8. The van der Waals surface area contributed by atoms with Gasteiger partial charge in [-0.15, -0.1) is 0 Å². The molecule has 0 saturated carbocycles. The molecule has 0 aromatic heterocycles. The lowest BCUT2D eigenvalue weighted by molar-refractivity contribution is 0.146. The minimum absolute atomic E-state index is 0.0426. The van der Waals surface area contributed by atoms with Crippen LogP contribution in [0, 0.1) is 11.6 Å². The zero-order chi connectivity index (χ0) is 18.4. The summed E-state index contributed by atoms with van der Waals surface area (Å²) in [6, 6.07) is 8.41. The van der Waals surface area contributed by atoms with E-state index in [0.29, 0.717) is 24.5 Å². The molecule has 25 heavy (non-hydrogen) atoms. The van der Waals surface area contributed by atoms with Gasteiger partial charge in [0.2, 0.25) is 10.0 Å². The smallest absolute Gasteiger partial charge is 0.241 e. The van der Waals surface area contributed by atoms with Crippen LogP contribution in [-0.2, 0) is 14.8 Å². The normalized spacial score (nSPS) is 12.8. The lowest BCUT2D eigenvalue weighted by Crippen LogP contribution is -2.27. The standard InChI is InChI=1S/C17H19F2NO4S/c1-12(13-3-8-16(18)17(19)11-13)20-25(21,22)15-6-4-14(5-7-15)24-10-9-23-2/h3-8,11-12,20H,9-10H2,1-2H3. The number of hydrogen-bond donors (Lipinski definition) is 1. The van der Waals surface area contributed by atoms with Gasteiger partial charge in [0.25, 0.3) is 0 Å². The molecule has 2 aromatic carbocycles. The number of ether oxygens (including phenoxy) is 2. The first-order valence-electron chi connectivity index (χ1n) is 7.52. The Balaban J connectivity index is 2.08. The number of sulfonamides is 1. The molecule has 1 atom stereocenters. The van der Waals surface area contributed by atoms with Crippen molar-refractivity contribution in [3.05, 3.63) is 59.7 Å². The Kier molecular flexibility index (Phi) is 6.46. The lowest BCUT2D eigenvalue weighted by atomic mass is 10.1. The van der Waals surface area contributed by atoms with Crippen LogP contribution in [0.25, 0.3) is 0 Å². The molecule has 1 N–H and O–H groups in total. The van der Waals surface area contributed by atoms with Crippen molar-refractivity contribution in [3.63, 3.8) is 0 Å². The molecule has 0 aliphatic carbocycles. The highest BCUT2D eigenvalue weighted by Crippen LogP contribution is 2.20. The third kappa shape index (κ3) is 5.22. The van der Waals surface area contributed by atoms with E-state index in [4.69, 9.17) is 9.47 Å². The van der Waals surface area contributed by atoms with Crippen LogP contribution in [-0.4, -0.2) is 28.7 Å². The van der Waals surface area contributed by atoms with Crippen LogP contribution in [0.1, 0.15) is 18.5 Å². The topological polar surface area (TPSA) is 64.6 Å². The summed E-state index contributed by atoms with van der Waals surface area (Å²) in [5.74, 6) is -1.49. The minimum atomic E-state index is -3.82. The second-order valence-corrected chi connectivity index (χ2v) is 7.04. The molecule has 136 valence electrons. The van der Waals surface area contributed by atoms with E-state index in [9.17, 15) is 17.2 Å². The van der Waals surface area contributed by atoms with E-state index in [2.05, 4.69) is 4.72 Å². The maximum Gasteiger partial charge on any atom is 0.241 e. The van der Waals surface area contributed by atoms with Crippen molar-refractivity contribution in [3.8, 4) is 5.75 Å². The Morgan fingerprint density at radius 2 is 1.72 bits per heavy atom. The average molecular weight is 371 g/mol. The summed E-state index contributed by atoms with van der Waals surface area (Å²) >= 11 is 0. The van der Waals surface area contributed by atoms with E-state index in [1.165, 1.54) is 30.3 Å². The molecule has 0 heterocycles. The summed E-state index contributed by atoms with van der Waals surface area (Å²) < 4.78 is 63.7. The highest BCUT2D eigenvalue weighted by molar-refractivity contribution is 7.89. The summed E-state index contributed by atoms with van der Waals surface area (Å²) in [4.78, 5) is 0.0426. The Morgan fingerprint density at radius 3 is 2.32 bits per heavy atom. The molecule has 8 heteroatoms. The van der Waals surface area contributed by atoms with Gasteiger partial charge in [0, 0.05) is 13.2 Å². The first-order valence-corrected chi connectivity index (χ1v) is 9.01. The largest absolute Gasteiger partial charge is 0.491 e. The summed E-state index contributed by atoms with van der Waals surface area (Å²) in [5.41, 5.74) is 0.321. The Bertz CT molecular complexity index is 810. The van der Waals surface area contributed by atoms with E-state index in [1.54, 1.807) is 14.0 Å². The third-order valence-electron chi connectivity index (χ3n) is 3.47. The van der Waals surface area contributed by atoms with E-state index in [1.807, 2.05) is 0 Å². The minimum Gasteiger partial charge on any atom is -0.491 e. The van der Waals surface area contributed by atoms with Crippen molar-refractivity contribution in [2.24, 2.45) is 0 Å². The van der Waals surface area contributed by atoms with Crippen LogP contribution in [0.2, 0.25) is 0 Å². The third-order valence-corrected chi connectivity index (χ3v) is 5.02. The highest BCUT2D eigenvalue weighted by atomic mass is 32.2. The monoisotopic (exact) mass is 371 g/mol. The molecule has 0 bridgehead atoms. The van der Waals surface area contributed by atoms with Crippen molar-refractivity contribution in [1.29, 1.82) is 0 Å². The van der Waals surface area contributed by atoms with Crippen LogP contribution < -0.4 is 9.46 Å². The summed E-state index contributed by atoms with van der Waals surface area (Å²) in [7, 11) is -2.26. The van der Waals surface area contributed by atoms with Gasteiger partial charge in [-0.1, -0.05) is 6.07 Å². The molecule has 0 spiro atoms. The number of methoxy groups -OCH3 is 1. The van der Waals surface area contributed by atoms with Crippen LogP contribution in [0.15, 0.2) is 47.4 Å². The molecule has 0 aliphatic heterocycles.